The summed E-state index contributed by atoms with van der Waals surface area (Å²) in [6, 6.07) is 3.61. The van der Waals surface area contributed by atoms with Gasteiger partial charge >= 0.3 is 0 Å². The third-order valence-corrected chi connectivity index (χ3v) is 2.64. The van der Waals surface area contributed by atoms with Gasteiger partial charge in [0.15, 0.2) is 11.5 Å². The Morgan fingerprint density at radius 3 is 2.36 bits per heavy atom. The number of hydrogen-bond acceptors (Lipinski definition) is 3. The van der Waals surface area contributed by atoms with E-state index in [1.54, 1.807) is 27.2 Å². The van der Waals surface area contributed by atoms with Crippen LogP contribution in [0.5, 0.6) is 11.5 Å². The number of aliphatic hydroxyl groups is 1. The van der Waals surface area contributed by atoms with Crippen molar-refractivity contribution in [3.63, 3.8) is 0 Å². The lowest BCUT2D eigenvalue weighted by Crippen LogP contribution is -2.00. The number of methoxy groups -OCH3 is 2. The summed E-state index contributed by atoms with van der Waals surface area (Å²) in [5, 5.41) is 9.57. The second-order valence-corrected chi connectivity index (χ2v) is 3.73. The molecule has 1 aromatic rings. The molecule has 0 heterocycles. The van der Waals surface area contributed by atoms with Crippen molar-refractivity contribution in [1.82, 2.24) is 0 Å². The van der Waals surface area contributed by atoms with Gasteiger partial charge in [0.2, 0.25) is 0 Å². The zero-order valence-electron chi connectivity index (χ0n) is 8.37. The Hall–Kier alpha value is -0.740. The second-order valence-electron chi connectivity index (χ2n) is 2.87. The molecule has 0 aliphatic rings. The summed E-state index contributed by atoms with van der Waals surface area (Å²) in [6.45, 7) is 1.68. The molecule has 1 aromatic carbocycles. The summed E-state index contributed by atoms with van der Waals surface area (Å²) in [7, 11) is 3.12. The van der Waals surface area contributed by atoms with E-state index in [4.69, 9.17) is 9.47 Å². The van der Waals surface area contributed by atoms with E-state index in [1.807, 2.05) is 6.07 Å². The lowest BCUT2D eigenvalue weighted by molar-refractivity contribution is 0.192. The highest BCUT2D eigenvalue weighted by atomic mass is 79.9. The Bertz CT molecular complexity index is 323. The van der Waals surface area contributed by atoms with Gasteiger partial charge in [-0.3, -0.25) is 0 Å². The first-order valence-corrected chi connectivity index (χ1v) is 4.99. The number of rotatable bonds is 3. The molecule has 0 aromatic heterocycles. The second kappa shape index (κ2) is 4.66. The molecule has 0 spiro atoms. The molecule has 78 valence electrons. The van der Waals surface area contributed by atoms with Gasteiger partial charge in [-0.25, -0.2) is 0 Å². The fourth-order valence-corrected chi connectivity index (χ4v) is 1.96. The van der Waals surface area contributed by atoms with E-state index < -0.39 is 6.10 Å². The van der Waals surface area contributed by atoms with Crippen LogP contribution < -0.4 is 9.47 Å². The van der Waals surface area contributed by atoms with Gasteiger partial charge in [-0.05, 0) is 19.1 Å². The summed E-state index contributed by atoms with van der Waals surface area (Å²) in [5.41, 5.74) is 0.701. The predicted molar refractivity (Wildman–Crippen MR) is 57.9 cm³/mol. The van der Waals surface area contributed by atoms with Gasteiger partial charge in [-0.1, -0.05) is 15.9 Å². The van der Waals surface area contributed by atoms with Gasteiger partial charge in [0.05, 0.1) is 20.3 Å². The lowest BCUT2D eigenvalue weighted by atomic mass is 10.1. The zero-order valence-corrected chi connectivity index (χ0v) is 9.96. The Balaban J connectivity index is 3.35. The molecule has 14 heavy (non-hydrogen) atoms. The highest BCUT2D eigenvalue weighted by Crippen LogP contribution is 2.39. The highest BCUT2D eigenvalue weighted by Gasteiger charge is 2.17. The molecule has 1 unspecified atom stereocenters. The maximum absolute atomic E-state index is 9.57. The number of hydrogen-bond donors (Lipinski definition) is 1. The molecule has 0 aliphatic carbocycles. The first kappa shape index (κ1) is 11.3. The zero-order chi connectivity index (χ0) is 10.7. The van der Waals surface area contributed by atoms with Gasteiger partial charge in [-0.15, -0.1) is 0 Å². The smallest absolute Gasteiger partial charge is 0.167 e. The van der Waals surface area contributed by atoms with Crippen molar-refractivity contribution in [2.75, 3.05) is 14.2 Å². The summed E-state index contributed by atoms with van der Waals surface area (Å²) in [4.78, 5) is 0. The topological polar surface area (TPSA) is 38.7 Å². The molecule has 0 bridgehead atoms. The molecular weight excluding hydrogens is 248 g/mol. The van der Waals surface area contributed by atoms with Crippen LogP contribution in [-0.4, -0.2) is 19.3 Å². The van der Waals surface area contributed by atoms with Crippen molar-refractivity contribution in [1.29, 1.82) is 0 Å². The molecule has 1 atom stereocenters. The molecule has 0 saturated heterocycles. The van der Waals surface area contributed by atoms with Gasteiger partial charge in [0.1, 0.15) is 0 Å². The fourth-order valence-electron chi connectivity index (χ4n) is 1.32. The molecule has 1 N–H and O–H groups in total. The molecule has 4 heteroatoms. The molecule has 0 aliphatic heterocycles. The highest BCUT2D eigenvalue weighted by molar-refractivity contribution is 9.10. The van der Waals surface area contributed by atoms with E-state index in [1.165, 1.54) is 0 Å². The maximum atomic E-state index is 9.57. The van der Waals surface area contributed by atoms with Crippen LogP contribution in [0, 0.1) is 0 Å². The summed E-state index contributed by atoms with van der Waals surface area (Å²) in [6.07, 6.45) is -0.602. The van der Waals surface area contributed by atoms with Crippen LogP contribution in [0.4, 0.5) is 0 Å². The van der Waals surface area contributed by atoms with E-state index in [0.717, 1.165) is 4.47 Å². The number of aliphatic hydroxyl groups excluding tert-OH is 1. The standard InChI is InChI=1S/C10H13BrO3/c1-6(12)9-7(11)4-5-8(13-2)10(9)14-3/h4-6,12H,1-3H3. The van der Waals surface area contributed by atoms with E-state index in [9.17, 15) is 5.11 Å². The van der Waals surface area contributed by atoms with Crippen LogP contribution >= 0.6 is 15.9 Å². The molecule has 0 radical (unpaired) electrons. The Labute approximate surface area is 91.8 Å². The van der Waals surface area contributed by atoms with Crippen molar-refractivity contribution in [3.8, 4) is 11.5 Å². The predicted octanol–water partition coefficient (Wildman–Crippen LogP) is 2.52. The number of ether oxygens (including phenoxy) is 2. The van der Waals surface area contributed by atoms with Crippen molar-refractivity contribution < 1.29 is 14.6 Å². The van der Waals surface area contributed by atoms with Crippen LogP contribution in [0.25, 0.3) is 0 Å². The Kier molecular flexibility index (Phi) is 3.77. The lowest BCUT2D eigenvalue weighted by Gasteiger charge is -2.15. The first-order valence-electron chi connectivity index (χ1n) is 4.20. The Morgan fingerprint density at radius 1 is 1.29 bits per heavy atom. The van der Waals surface area contributed by atoms with E-state index in [-0.39, 0.29) is 0 Å². The van der Waals surface area contributed by atoms with Crippen molar-refractivity contribution >= 4 is 15.9 Å². The quantitative estimate of drug-likeness (QED) is 0.908. The normalized spacial score (nSPS) is 12.4. The number of halogens is 1. The minimum Gasteiger partial charge on any atom is -0.493 e. The van der Waals surface area contributed by atoms with Crippen LogP contribution in [0.1, 0.15) is 18.6 Å². The summed E-state index contributed by atoms with van der Waals surface area (Å²) in [5.74, 6) is 1.18. The largest absolute Gasteiger partial charge is 0.493 e. The molecular formula is C10H13BrO3. The summed E-state index contributed by atoms with van der Waals surface area (Å²) >= 11 is 3.36. The monoisotopic (exact) mass is 260 g/mol. The van der Waals surface area contributed by atoms with Gasteiger partial charge in [0.25, 0.3) is 0 Å². The van der Waals surface area contributed by atoms with Crippen molar-refractivity contribution in [2.24, 2.45) is 0 Å². The third-order valence-electron chi connectivity index (χ3n) is 1.95. The fraction of sp³-hybridized carbons (Fsp3) is 0.400. The first-order chi connectivity index (χ1) is 6.61. The van der Waals surface area contributed by atoms with Gasteiger partial charge in [0, 0.05) is 10.0 Å². The average Bonchev–Trinajstić information content (AvgIpc) is 2.16. The number of benzene rings is 1. The van der Waals surface area contributed by atoms with Crippen LogP contribution in [-0.2, 0) is 0 Å². The minimum atomic E-state index is -0.602. The van der Waals surface area contributed by atoms with Crippen molar-refractivity contribution in [3.05, 3.63) is 22.2 Å². The molecule has 1 rings (SSSR count). The minimum absolute atomic E-state index is 0.567. The van der Waals surface area contributed by atoms with Crippen LogP contribution in [0.15, 0.2) is 16.6 Å². The van der Waals surface area contributed by atoms with E-state index in [0.29, 0.717) is 17.1 Å². The molecule has 0 amide bonds. The SMILES string of the molecule is COc1ccc(Br)c(C(C)O)c1OC. The molecule has 0 saturated carbocycles. The molecule has 3 nitrogen and oxygen atoms in total. The van der Waals surface area contributed by atoms with Gasteiger partial charge in [-0.2, -0.15) is 0 Å². The Morgan fingerprint density at radius 2 is 1.93 bits per heavy atom. The maximum Gasteiger partial charge on any atom is 0.167 e. The van der Waals surface area contributed by atoms with Crippen LogP contribution in [0.2, 0.25) is 0 Å². The summed E-state index contributed by atoms with van der Waals surface area (Å²) < 4.78 is 11.1. The average molecular weight is 261 g/mol. The molecule has 0 fully saturated rings. The van der Waals surface area contributed by atoms with E-state index in [2.05, 4.69) is 15.9 Å². The van der Waals surface area contributed by atoms with Crippen LogP contribution in [0.3, 0.4) is 0 Å². The van der Waals surface area contributed by atoms with Crippen molar-refractivity contribution in [2.45, 2.75) is 13.0 Å². The van der Waals surface area contributed by atoms with E-state index >= 15 is 0 Å². The third kappa shape index (κ3) is 2.01. The van der Waals surface area contributed by atoms with Gasteiger partial charge < -0.3 is 14.6 Å².